The molecule has 0 radical (unpaired) electrons. The molecule has 0 aromatic rings. The van der Waals surface area contributed by atoms with Crippen molar-refractivity contribution in [2.24, 2.45) is 0 Å². The van der Waals surface area contributed by atoms with E-state index in [1.54, 1.807) is 13.2 Å². The lowest BCUT2D eigenvalue weighted by atomic mass is 10.1. The van der Waals surface area contributed by atoms with Crippen LogP contribution in [0.25, 0.3) is 0 Å². The second-order valence-corrected chi connectivity index (χ2v) is 2.83. The summed E-state index contributed by atoms with van der Waals surface area (Å²) in [6, 6.07) is 0. The van der Waals surface area contributed by atoms with E-state index in [-0.39, 0.29) is 0 Å². The molecule has 0 amide bonds. The van der Waals surface area contributed by atoms with Crippen LogP contribution in [0.4, 0.5) is 0 Å². The van der Waals surface area contributed by atoms with Crippen molar-refractivity contribution in [3.05, 3.63) is 12.7 Å². The molecule has 0 aromatic carbocycles. The number of rotatable bonds is 4. The molecule has 0 N–H and O–H groups in total. The molecule has 0 saturated carbocycles. The number of ether oxygens (including phenoxy) is 2. The van der Waals surface area contributed by atoms with Gasteiger partial charge in [-0.15, -0.1) is 0 Å². The number of allylic oxidation sites excluding steroid dienone is 1. The first-order valence-corrected chi connectivity index (χ1v) is 3.89. The van der Waals surface area contributed by atoms with Crippen molar-refractivity contribution in [2.45, 2.75) is 19.4 Å². The predicted octanol–water partition coefficient (Wildman–Crippen LogP) is 1.62. The standard InChI is InChI=1S/C10H16O2/c1-5-6-7-10(2,3)12-9-8-11-4/h5H,1,8-9H2,2-4H3. The molecule has 2 nitrogen and oxygen atoms in total. The van der Waals surface area contributed by atoms with Crippen LogP contribution in [0.2, 0.25) is 0 Å². The average molecular weight is 168 g/mol. The summed E-state index contributed by atoms with van der Waals surface area (Å²) in [7, 11) is 1.64. The molecule has 2 heteroatoms. The zero-order chi connectivity index (χ0) is 9.45. The van der Waals surface area contributed by atoms with Gasteiger partial charge < -0.3 is 9.47 Å². The lowest BCUT2D eigenvalue weighted by Crippen LogP contribution is -2.24. The Morgan fingerprint density at radius 2 is 2.08 bits per heavy atom. The number of methoxy groups -OCH3 is 1. The van der Waals surface area contributed by atoms with Gasteiger partial charge in [0.25, 0.3) is 0 Å². The summed E-state index contributed by atoms with van der Waals surface area (Å²) in [5.41, 5.74) is -0.410. The highest BCUT2D eigenvalue weighted by atomic mass is 16.5. The maximum Gasteiger partial charge on any atom is 0.123 e. The summed E-state index contributed by atoms with van der Waals surface area (Å²) >= 11 is 0. The fourth-order valence-corrected chi connectivity index (χ4v) is 0.641. The zero-order valence-corrected chi connectivity index (χ0v) is 8.02. The quantitative estimate of drug-likeness (QED) is 0.469. The molecular weight excluding hydrogens is 152 g/mol. The molecule has 0 aliphatic heterocycles. The van der Waals surface area contributed by atoms with Crippen LogP contribution in [0.1, 0.15) is 13.8 Å². The van der Waals surface area contributed by atoms with Crippen LogP contribution >= 0.6 is 0 Å². The molecule has 0 fully saturated rings. The molecule has 0 aromatic heterocycles. The van der Waals surface area contributed by atoms with Gasteiger partial charge in [-0.1, -0.05) is 18.4 Å². The van der Waals surface area contributed by atoms with Gasteiger partial charge in [0, 0.05) is 7.11 Å². The minimum Gasteiger partial charge on any atom is -0.382 e. The molecule has 0 aliphatic carbocycles. The summed E-state index contributed by atoms with van der Waals surface area (Å²) in [6.07, 6.45) is 1.56. The van der Waals surface area contributed by atoms with Crippen molar-refractivity contribution < 1.29 is 9.47 Å². The summed E-state index contributed by atoms with van der Waals surface area (Å²) in [5.74, 6) is 5.69. The molecule has 68 valence electrons. The van der Waals surface area contributed by atoms with Crippen LogP contribution in [0.15, 0.2) is 12.7 Å². The molecule has 12 heavy (non-hydrogen) atoms. The van der Waals surface area contributed by atoms with Gasteiger partial charge in [0.2, 0.25) is 0 Å². The van der Waals surface area contributed by atoms with Crippen LogP contribution in [0, 0.1) is 11.8 Å². The molecule has 0 aliphatic rings. The van der Waals surface area contributed by atoms with E-state index in [1.165, 1.54) is 0 Å². The summed E-state index contributed by atoms with van der Waals surface area (Å²) in [5, 5.41) is 0. The zero-order valence-electron chi connectivity index (χ0n) is 8.02. The van der Waals surface area contributed by atoms with Crippen LogP contribution in [0.3, 0.4) is 0 Å². The van der Waals surface area contributed by atoms with E-state index in [2.05, 4.69) is 18.4 Å². The molecule has 0 rings (SSSR count). The monoisotopic (exact) mass is 168 g/mol. The Morgan fingerprint density at radius 1 is 1.42 bits per heavy atom. The van der Waals surface area contributed by atoms with Crippen LogP contribution in [-0.2, 0) is 9.47 Å². The number of hydrogen-bond acceptors (Lipinski definition) is 2. The Bertz CT molecular complexity index is 184. The largest absolute Gasteiger partial charge is 0.382 e. The molecular formula is C10H16O2. The van der Waals surface area contributed by atoms with Gasteiger partial charge in [-0.3, -0.25) is 0 Å². The van der Waals surface area contributed by atoms with E-state index < -0.39 is 5.60 Å². The normalized spacial score (nSPS) is 10.2. The fraction of sp³-hybridized carbons (Fsp3) is 0.600. The van der Waals surface area contributed by atoms with Gasteiger partial charge in [0.1, 0.15) is 5.60 Å². The fourth-order valence-electron chi connectivity index (χ4n) is 0.641. The lowest BCUT2D eigenvalue weighted by molar-refractivity contribution is -0.00324. The summed E-state index contributed by atoms with van der Waals surface area (Å²) in [4.78, 5) is 0. The predicted molar refractivity (Wildman–Crippen MR) is 49.9 cm³/mol. The Hall–Kier alpha value is -0.780. The van der Waals surface area contributed by atoms with Gasteiger partial charge in [0.05, 0.1) is 13.2 Å². The highest BCUT2D eigenvalue weighted by Gasteiger charge is 2.13. The van der Waals surface area contributed by atoms with Crippen LogP contribution in [0.5, 0.6) is 0 Å². The Kier molecular flexibility index (Phi) is 5.44. The first-order chi connectivity index (χ1) is 5.62. The van der Waals surface area contributed by atoms with Crippen molar-refractivity contribution in [2.75, 3.05) is 20.3 Å². The third kappa shape index (κ3) is 5.96. The Labute approximate surface area is 74.6 Å². The van der Waals surface area contributed by atoms with Crippen LogP contribution in [-0.4, -0.2) is 25.9 Å². The van der Waals surface area contributed by atoms with E-state index in [0.717, 1.165) is 0 Å². The van der Waals surface area contributed by atoms with E-state index in [0.29, 0.717) is 13.2 Å². The van der Waals surface area contributed by atoms with E-state index >= 15 is 0 Å². The van der Waals surface area contributed by atoms with E-state index in [1.807, 2.05) is 13.8 Å². The molecule has 0 unspecified atom stereocenters. The number of hydrogen-bond donors (Lipinski definition) is 0. The topological polar surface area (TPSA) is 18.5 Å². The second-order valence-electron chi connectivity index (χ2n) is 2.83. The first kappa shape index (κ1) is 11.2. The van der Waals surface area contributed by atoms with E-state index in [4.69, 9.17) is 9.47 Å². The molecule has 0 spiro atoms. The van der Waals surface area contributed by atoms with Crippen LogP contribution < -0.4 is 0 Å². The van der Waals surface area contributed by atoms with Crippen molar-refractivity contribution in [1.82, 2.24) is 0 Å². The summed E-state index contributed by atoms with van der Waals surface area (Å²) < 4.78 is 10.3. The van der Waals surface area contributed by atoms with Crippen molar-refractivity contribution in [3.8, 4) is 11.8 Å². The third-order valence-corrected chi connectivity index (χ3v) is 1.23. The first-order valence-electron chi connectivity index (χ1n) is 3.89. The minimum absolute atomic E-state index is 0.410. The second kappa shape index (κ2) is 5.82. The van der Waals surface area contributed by atoms with Gasteiger partial charge in [-0.2, -0.15) is 0 Å². The minimum atomic E-state index is -0.410. The SMILES string of the molecule is C=CC#CC(C)(C)OCCOC. The van der Waals surface area contributed by atoms with Crippen molar-refractivity contribution >= 4 is 0 Å². The van der Waals surface area contributed by atoms with Gasteiger partial charge in [-0.05, 0) is 19.9 Å². The van der Waals surface area contributed by atoms with Gasteiger partial charge in [0.15, 0.2) is 0 Å². The van der Waals surface area contributed by atoms with E-state index in [9.17, 15) is 0 Å². The smallest absolute Gasteiger partial charge is 0.123 e. The maximum absolute atomic E-state index is 5.43. The Balaban J connectivity index is 3.78. The molecule has 0 heterocycles. The summed E-state index contributed by atoms with van der Waals surface area (Å²) in [6.45, 7) is 8.50. The Morgan fingerprint density at radius 3 is 2.58 bits per heavy atom. The van der Waals surface area contributed by atoms with Gasteiger partial charge >= 0.3 is 0 Å². The van der Waals surface area contributed by atoms with Gasteiger partial charge in [-0.25, -0.2) is 0 Å². The maximum atomic E-state index is 5.43. The molecule has 0 bridgehead atoms. The van der Waals surface area contributed by atoms with Crippen molar-refractivity contribution in [3.63, 3.8) is 0 Å². The van der Waals surface area contributed by atoms with Crippen molar-refractivity contribution in [1.29, 1.82) is 0 Å². The highest BCUT2D eigenvalue weighted by Crippen LogP contribution is 2.06. The lowest BCUT2D eigenvalue weighted by Gasteiger charge is -2.18. The highest BCUT2D eigenvalue weighted by molar-refractivity contribution is 5.19. The third-order valence-electron chi connectivity index (χ3n) is 1.23. The molecule has 0 saturated heterocycles. The average Bonchev–Trinajstić information content (AvgIpc) is 2.01. The molecule has 0 atom stereocenters.